The average Bonchev–Trinajstić information content (AvgIpc) is 3.08. The zero-order valence-corrected chi connectivity index (χ0v) is 17.5. The van der Waals surface area contributed by atoms with Gasteiger partial charge in [0, 0.05) is 32.2 Å². The normalized spacial score (nSPS) is 14.3. The number of hydrogen-bond donors (Lipinski definition) is 0. The topological polar surface area (TPSA) is 76.0 Å². The third kappa shape index (κ3) is 3.10. The molecule has 7 nitrogen and oxygen atoms in total. The Morgan fingerprint density at radius 1 is 1.10 bits per heavy atom. The maximum absolute atomic E-state index is 13.9. The number of nitrogens with zero attached hydrogens (tertiary/aromatic N) is 5. The van der Waals surface area contributed by atoms with Crippen molar-refractivity contribution in [1.29, 1.82) is 5.26 Å². The maximum Gasteiger partial charge on any atom is 0.331 e. The summed E-state index contributed by atoms with van der Waals surface area (Å²) in [6.07, 6.45) is 3.02. The highest BCUT2D eigenvalue weighted by molar-refractivity contribution is 6.31. The third-order valence-electron chi connectivity index (χ3n) is 5.73. The van der Waals surface area contributed by atoms with Crippen molar-refractivity contribution in [2.45, 2.75) is 25.8 Å². The van der Waals surface area contributed by atoms with Crippen molar-refractivity contribution in [1.82, 2.24) is 13.7 Å². The zero-order chi connectivity index (χ0) is 21.6. The number of fused-ring (bicyclic) bond motifs is 1. The molecule has 0 spiro atoms. The Bertz CT molecular complexity index is 1310. The molecule has 0 radical (unpaired) electrons. The Hall–Kier alpha value is -3.05. The molecule has 0 atom stereocenters. The summed E-state index contributed by atoms with van der Waals surface area (Å²) < 4.78 is 18.0. The Morgan fingerprint density at radius 3 is 2.47 bits per heavy atom. The summed E-state index contributed by atoms with van der Waals surface area (Å²) in [4.78, 5) is 27.7. The number of benzene rings is 1. The lowest BCUT2D eigenvalue weighted by Gasteiger charge is -2.30. The monoisotopic (exact) mass is 429 g/mol. The van der Waals surface area contributed by atoms with Gasteiger partial charge in [0.15, 0.2) is 0 Å². The van der Waals surface area contributed by atoms with E-state index in [1.54, 1.807) is 11.6 Å². The van der Waals surface area contributed by atoms with Gasteiger partial charge in [0.2, 0.25) is 0 Å². The molecule has 0 saturated carbocycles. The summed E-state index contributed by atoms with van der Waals surface area (Å²) >= 11 is 6.31. The molecule has 0 unspecified atom stereocenters. The van der Waals surface area contributed by atoms with Crippen molar-refractivity contribution in [3.63, 3.8) is 0 Å². The summed E-state index contributed by atoms with van der Waals surface area (Å²) in [5.74, 6) is 0.136. The molecule has 9 heteroatoms. The maximum atomic E-state index is 13.9. The molecule has 0 aliphatic carbocycles. The van der Waals surface area contributed by atoms with Gasteiger partial charge in [-0.2, -0.15) is 5.26 Å². The summed E-state index contributed by atoms with van der Waals surface area (Å²) in [5, 5.41) is 10.4. The smallest absolute Gasteiger partial charge is 0.331 e. The molecule has 0 bridgehead atoms. The first-order valence-electron chi connectivity index (χ1n) is 9.76. The van der Waals surface area contributed by atoms with Crippen molar-refractivity contribution in [3.05, 3.63) is 61.0 Å². The second kappa shape index (κ2) is 7.65. The van der Waals surface area contributed by atoms with Gasteiger partial charge in [0.05, 0.1) is 12.1 Å². The highest BCUT2D eigenvalue weighted by Crippen LogP contribution is 2.33. The fraction of sp³-hybridized carbons (Fsp3) is 0.381. The molecule has 0 amide bonds. The molecule has 1 aliphatic heterocycles. The second-order valence-electron chi connectivity index (χ2n) is 7.58. The zero-order valence-electron chi connectivity index (χ0n) is 16.8. The lowest BCUT2D eigenvalue weighted by atomic mass is 10.1. The number of anilines is 1. The fourth-order valence-corrected chi connectivity index (χ4v) is 4.41. The van der Waals surface area contributed by atoms with Crippen LogP contribution in [0.3, 0.4) is 0 Å². The molecule has 0 N–H and O–H groups in total. The highest BCUT2D eigenvalue weighted by Gasteiger charge is 2.28. The predicted molar refractivity (Wildman–Crippen MR) is 114 cm³/mol. The molecule has 156 valence electrons. The third-order valence-corrected chi connectivity index (χ3v) is 6.10. The van der Waals surface area contributed by atoms with Crippen LogP contribution in [0.4, 0.5) is 10.2 Å². The van der Waals surface area contributed by atoms with Crippen LogP contribution in [0.15, 0.2) is 27.8 Å². The molecule has 3 heterocycles. The lowest BCUT2D eigenvalue weighted by Crippen LogP contribution is -2.37. The highest BCUT2D eigenvalue weighted by atomic mass is 35.5. The average molecular weight is 430 g/mol. The summed E-state index contributed by atoms with van der Waals surface area (Å²) in [6, 6.07) is 6.27. The number of aromatic nitrogens is 3. The van der Waals surface area contributed by atoms with Crippen molar-refractivity contribution in [2.24, 2.45) is 14.1 Å². The number of rotatable bonds is 3. The van der Waals surface area contributed by atoms with E-state index >= 15 is 0 Å². The minimum atomic E-state index is -0.505. The van der Waals surface area contributed by atoms with Crippen LogP contribution in [0, 0.1) is 17.1 Å². The van der Waals surface area contributed by atoms with Gasteiger partial charge in [-0.25, -0.2) is 9.18 Å². The largest absolute Gasteiger partial charge is 0.357 e. The van der Waals surface area contributed by atoms with Crippen LogP contribution in [0.1, 0.15) is 30.4 Å². The second-order valence-corrected chi connectivity index (χ2v) is 7.99. The minimum absolute atomic E-state index is 0.105. The van der Waals surface area contributed by atoms with Crippen molar-refractivity contribution >= 4 is 28.5 Å². The first-order chi connectivity index (χ1) is 14.3. The first-order valence-corrected chi connectivity index (χ1v) is 10.1. The standard InChI is InChI=1S/C21H21ClFN5O2/c1-25-17-15(11-24)19(27-8-4-3-5-9-27)28(18(17)20(29)26(2)21(25)30)12-13-10-14(23)6-7-16(13)22/h6-7,10H,3-5,8-9,12H2,1-2H3. The van der Waals surface area contributed by atoms with Gasteiger partial charge < -0.3 is 9.47 Å². The van der Waals surface area contributed by atoms with E-state index in [0.717, 1.165) is 36.9 Å². The fourth-order valence-electron chi connectivity index (χ4n) is 4.23. The van der Waals surface area contributed by atoms with Crippen molar-refractivity contribution < 1.29 is 4.39 Å². The van der Waals surface area contributed by atoms with E-state index in [2.05, 4.69) is 11.0 Å². The molecule has 1 fully saturated rings. The number of hydrogen-bond acceptors (Lipinski definition) is 4. The van der Waals surface area contributed by atoms with Crippen LogP contribution < -0.4 is 16.1 Å². The van der Waals surface area contributed by atoms with Crippen molar-refractivity contribution in [2.75, 3.05) is 18.0 Å². The SMILES string of the molecule is Cn1c(=O)c2c(c(C#N)c(N3CCCCC3)n2Cc2cc(F)ccc2Cl)n(C)c1=O. The van der Waals surface area contributed by atoms with E-state index in [4.69, 9.17) is 11.6 Å². The Kier molecular flexibility index (Phi) is 5.16. The molecular formula is C21H21ClFN5O2. The van der Waals surface area contributed by atoms with Crippen LogP contribution in [0.5, 0.6) is 0 Å². The van der Waals surface area contributed by atoms with Gasteiger partial charge in [-0.05, 0) is 43.0 Å². The Balaban J connectivity index is 2.10. The number of halogens is 2. The van der Waals surface area contributed by atoms with Gasteiger partial charge in [0.25, 0.3) is 5.56 Å². The van der Waals surface area contributed by atoms with Crippen molar-refractivity contribution in [3.8, 4) is 6.07 Å². The molecule has 1 aliphatic rings. The minimum Gasteiger partial charge on any atom is -0.357 e. The first kappa shape index (κ1) is 20.2. The molecule has 1 saturated heterocycles. The lowest BCUT2D eigenvalue weighted by molar-refractivity contribution is 0.564. The van der Waals surface area contributed by atoms with E-state index in [1.165, 1.54) is 29.8 Å². The van der Waals surface area contributed by atoms with E-state index in [0.29, 0.717) is 21.9 Å². The van der Waals surface area contributed by atoms with Gasteiger partial charge in [-0.3, -0.25) is 13.9 Å². The molecule has 4 rings (SSSR count). The van der Waals surface area contributed by atoms with Crippen LogP contribution in [0.2, 0.25) is 5.02 Å². The summed E-state index contributed by atoms with van der Waals surface area (Å²) in [6.45, 7) is 1.57. The molecule has 3 aromatic rings. The number of piperidine rings is 1. The molecule has 1 aromatic carbocycles. The van der Waals surface area contributed by atoms with E-state index in [9.17, 15) is 19.2 Å². The number of nitriles is 1. The Labute approximate surface area is 177 Å². The van der Waals surface area contributed by atoms with E-state index in [-0.39, 0.29) is 17.6 Å². The summed E-state index contributed by atoms with van der Waals surface area (Å²) in [5.41, 5.74) is 0.287. The van der Waals surface area contributed by atoms with Crippen LogP contribution in [-0.2, 0) is 20.6 Å². The van der Waals surface area contributed by atoms with Crippen LogP contribution in [-0.4, -0.2) is 26.8 Å². The molecular weight excluding hydrogens is 409 g/mol. The quantitative estimate of drug-likeness (QED) is 0.641. The predicted octanol–water partition coefficient (Wildman–Crippen LogP) is 2.74. The van der Waals surface area contributed by atoms with E-state index in [1.807, 2.05) is 0 Å². The van der Waals surface area contributed by atoms with Gasteiger partial charge in [-0.15, -0.1) is 0 Å². The Morgan fingerprint density at radius 2 is 1.80 bits per heavy atom. The van der Waals surface area contributed by atoms with E-state index < -0.39 is 17.1 Å². The van der Waals surface area contributed by atoms with Gasteiger partial charge >= 0.3 is 5.69 Å². The molecule has 2 aromatic heterocycles. The van der Waals surface area contributed by atoms with Crippen LogP contribution >= 0.6 is 11.6 Å². The number of aryl methyl sites for hydroxylation is 1. The van der Waals surface area contributed by atoms with Crippen LogP contribution in [0.25, 0.3) is 11.0 Å². The summed E-state index contributed by atoms with van der Waals surface area (Å²) in [7, 11) is 2.95. The molecule has 30 heavy (non-hydrogen) atoms. The van der Waals surface area contributed by atoms with Gasteiger partial charge in [-0.1, -0.05) is 11.6 Å². The van der Waals surface area contributed by atoms with Gasteiger partial charge in [0.1, 0.15) is 28.8 Å².